The van der Waals surface area contributed by atoms with Crippen molar-refractivity contribution in [3.05, 3.63) is 12.3 Å². The summed E-state index contributed by atoms with van der Waals surface area (Å²) in [5.74, 6) is 0. The number of rotatable bonds is 5. The van der Waals surface area contributed by atoms with Gasteiger partial charge in [-0.05, 0) is 12.5 Å². The number of nitrogens with zero attached hydrogens (tertiary/aromatic N) is 2. The van der Waals surface area contributed by atoms with Crippen LogP contribution < -0.4 is 5.32 Å². The first-order valence-electron chi connectivity index (χ1n) is 5.38. The average Bonchev–Trinajstić information content (AvgIpc) is 2.67. The Labute approximate surface area is 95.1 Å². The average molecular weight is 244 g/mol. The van der Waals surface area contributed by atoms with E-state index in [9.17, 15) is 8.42 Å². The number of hydrogen-bond donors (Lipinski definition) is 2. The molecule has 0 aromatic carbocycles. The van der Waals surface area contributed by atoms with Gasteiger partial charge < -0.3 is 5.32 Å². The molecule has 1 fully saturated rings. The number of H-pyrrole nitrogens is 1. The van der Waals surface area contributed by atoms with Gasteiger partial charge in [0, 0.05) is 19.6 Å². The second kappa shape index (κ2) is 4.52. The molecule has 16 heavy (non-hydrogen) atoms. The number of sulfonamides is 1. The molecule has 2 rings (SSSR count). The summed E-state index contributed by atoms with van der Waals surface area (Å²) in [5.41, 5.74) is 0. The van der Waals surface area contributed by atoms with Gasteiger partial charge in [0.15, 0.2) is 5.03 Å². The molecule has 90 valence electrons. The lowest BCUT2D eigenvalue weighted by molar-refractivity contribution is 0.241. The zero-order valence-corrected chi connectivity index (χ0v) is 10.00. The molecule has 1 aromatic heterocycles. The summed E-state index contributed by atoms with van der Waals surface area (Å²) < 4.78 is 26.0. The first-order chi connectivity index (χ1) is 7.66. The maximum absolute atomic E-state index is 12.2. The van der Waals surface area contributed by atoms with Gasteiger partial charge in [0.1, 0.15) is 0 Å². The molecule has 2 N–H and O–H groups in total. The molecule has 1 saturated heterocycles. The van der Waals surface area contributed by atoms with Crippen molar-refractivity contribution in [1.82, 2.24) is 19.8 Å². The van der Waals surface area contributed by atoms with Gasteiger partial charge in [0.05, 0.1) is 12.2 Å². The molecule has 1 aliphatic heterocycles. The molecule has 0 atom stereocenters. The van der Waals surface area contributed by atoms with E-state index in [-0.39, 0.29) is 11.1 Å². The molecule has 0 amide bonds. The minimum absolute atomic E-state index is 0.0771. The van der Waals surface area contributed by atoms with E-state index >= 15 is 0 Å². The van der Waals surface area contributed by atoms with E-state index in [1.807, 2.05) is 6.92 Å². The van der Waals surface area contributed by atoms with Crippen LogP contribution in [0, 0.1) is 0 Å². The molecular formula is C9H16N4O2S. The standard InChI is InChI=1S/C9H16N4O2S/c1-2-5-13(8-6-10-7-8)16(14,15)9-3-4-11-12-9/h3-4,8,10H,2,5-7H2,1H3,(H,11,12). The van der Waals surface area contributed by atoms with Crippen LogP contribution in [-0.2, 0) is 10.0 Å². The zero-order chi connectivity index (χ0) is 11.6. The Hall–Kier alpha value is -0.920. The minimum Gasteiger partial charge on any atom is -0.313 e. The highest BCUT2D eigenvalue weighted by Gasteiger charge is 2.34. The molecule has 0 unspecified atom stereocenters. The fourth-order valence-electron chi connectivity index (χ4n) is 1.71. The summed E-state index contributed by atoms with van der Waals surface area (Å²) in [4.78, 5) is 0. The second-order valence-corrected chi connectivity index (χ2v) is 5.71. The molecule has 6 nitrogen and oxygen atoms in total. The predicted molar refractivity (Wildman–Crippen MR) is 59.4 cm³/mol. The minimum atomic E-state index is -3.40. The van der Waals surface area contributed by atoms with Crippen LogP contribution in [0.4, 0.5) is 0 Å². The maximum Gasteiger partial charge on any atom is 0.260 e. The van der Waals surface area contributed by atoms with Gasteiger partial charge in [-0.15, -0.1) is 0 Å². The lowest BCUT2D eigenvalue weighted by atomic mass is 10.2. The highest BCUT2D eigenvalue weighted by molar-refractivity contribution is 7.89. The Balaban J connectivity index is 2.24. The third-order valence-corrected chi connectivity index (χ3v) is 4.55. The van der Waals surface area contributed by atoms with Gasteiger partial charge in [-0.3, -0.25) is 5.10 Å². The summed E-state index contributed by atoms with van der Waals surface area (Å²) in [7, 11) is -3.40. The highest BCUT2D eigenvalue weighted by atomic mass is 32.2. The van der Waals surface area contributed by atoms with Gasteiger partial charge in [-0.2, -0.15) is 9.40 Å². The Morgan fingerprint density at radius 1 is 1.56 bits per heavy atom. The van der Waals surface area contributed by atoms with Crippen molar-refractivity contribution in [2.24, 2.45) is 0 Å². The van der Waals surface area contributed by atoms with Gasteiger partial charge in [-0.25, -0.2) is 8.42 Å². The molecule has 1 aliphatic rings. The van der Waals surface area contributed by atoms with Crippen molar-refractivity contribution >= 4 is 10.0 Å². The first kappa shape index (κ1) is 11.6. The van der Waals surface area contributed by atoms with Gasteiger partial charge >= 0.3 is 0 Å². The van der Waals surface area contributed by atoms with E-state index in [4.69, 9.17) is 0 Å². The molecule has 1 aromatic rings. The van der Waals surface area contributed by atoms with Gasteiger partial charge in [0.2, 0.25) is 0 Å². The highest BCUT2D eigenvalue weighted by Crippen LogP contribution is 2.18. The summed E-state index contributed by atoms with van der Waals surface area (Å²) in [6.07, 6.45) is 2.26. The van der Waals surface area contributed by atoms with Crippen LogP contribution in [0.2, 0.25) is 0 Å². The Kier molecular flexibility index (Phi) is 3.27. The van der Waals surface area contributed by atoms with Crippen molar-refractivity contribution in [1.29, 1.82) is 0 Å². The largest absolute Gasteiger partial charge is 0.313 e. The normalized spacial score (nSPS) is 17.6. The van der Waals surface area contributed by atoms with Gasteiger partial charge in [-0.1, -0.05) is 6.92 Å². The molecule has 2 heterocycles. The van der Waals surface area contributed by atoms with Crippen LogP contribution in [0.3, 0.4) is 0 Å². The van der Waals surface area contributed by atoms with Crippen molar-refractivity contribution in [3.63, 3.8) is 0 Å². The van der Waals surface area contributed by atoms with Crippen LogP contribution >= 0.6 is 0 Å². The first-order valence-corrected chi connectivity index (χ1v) is 6.82. The monoisotopic (exact) mass is 244 g/mol. The van der Waals surface area contributed by atoms with Crippen LogP contribution in [0.25, 0.3) is 0 Å². The zero-order valence-electron chi connectivity index (χ0n) is 9.18. The number of hydrogen-bond acceptors (Lipinski definition) is 4. The Bertz CT molecular complexity index is 424. The number of nitrogens with one attached hydrogen (secondary N) is 2. The maximum atomic E-state index is 12.2. The lowest BCUT2D eigenvalue weighted by Gasteiger charge is -2.36. The molecule has 0 aliphatic carbocycles. The SMILES string of the molecule is CCCN(C1CNC1)S(=O)(=O)c1ccn[nH]1. The van der Waals surface area contributed by atoms with E-state index in [0.29, 0.717) is 6.54 Å². The van der Waals surface area contributed by atoms with Crippen molar-refractivity contribution in [3.8, 4) is 0 Å². The summed E-state index contributed by atoms with van der Waals surface area (Å²) in [6, 6.07) is 1.57. The topological polar surface area (TPSA) is 78.1 Å². The van der Waals surface area contributed by atoms with Crippen molar-refractivity contribution < 1.29 is 8.42 Å². The summed E-state index contributed by atoms with van der Waals surface area (Å²) in [6.45, 7) is 3.98. The van der Waals surface area contributed by atoms with Crippen LogP contribution in [0.5, 0.6) is 0 Å². The quantitative estimate of drug-likeness (QED) is 0.751. The molecule has 0 spiro atoms. The van der Waals surface area contributed by atoms with E-state index in [2.05, 4.69) is 15.5 Å². The van der Waals surface area contributed by atoms with Crippen molar-refractivity contribution in [2.75, 3.05) is 19.6 Å². The van der Waals surface area contributed by atoms with E-state index in [1.54, 1.807) is 4.31 Å². The summed E-state index contributed by atoms with van der Waals surface area (Å²) >= 11 is 0. The molecule has 0 bridgehead atoms. The molecule has 7 heteroatoms. The number of aromatic amines is 1. The van der Waals surface area contributed by atoms with Crippen LogP contribution in [0.1, 0.15) is 13.3 Å². The smallest absolute Gasteiger partial charge is 0.260 e. The van der Waals surface area contributed by atoms with Crippen LogP contribution in [0.15, 0.2) is 17.3 Å². The molecular weight excluding hydrogens is 228 g/mol. The van der Waals surface area contributed by atoms with Crippen molar-refractivity contribution in [2.45, 2.75) is 24.4 Å². The van der Waals surface area contributed by atoms with Gasteiger partial charge in [0.25, 0.3) is 10.0 Å². The Morgan fingerprint density at radius 2 is 2.31 bits per heavy atom. The van der Waals surface area contributed by atoms with E-state index in [0.717, 1.165) is 19.5 Å². The lowest BCUT2D eigenvalue weighted by Crippen LogP contribution is -2.58. The molecule has 0 saturated carbocycles. The third kappa shape index (κ3) is 1.98. The fourth-order valence-corrected chi connectivity index (χ4v) is 3.33. The number of aromatic nitrogens is 2. The second-order valence-electron chi connectivity index (χ2n) is 3.85. The predicted octanol–water partition coefficient (Wildman–Crippen LogP) is -0.218. The third-order valence-electron chi connectivity index (χ3n) is 2.67. The Morgan fingerprint density at radius 3 is 2.75 bits per heavy atom. The molecule has 0 radical (unpaired) electrons. The van der Waals surface area contributed by atoms with E-state index < -0.39 is 10.0 Å². The fraction of sp³-hybridized carbons (Fsp3) is 0.667. The van der Waals surface area contributed by atoms with Crippen LogP contribution in [-0.4, -0.2) is 48.6 Å². The van der Waals surface area contributed by atoms with E-state index in [1.165, 1.54) is 12.3 Å². The summed E-state index contributed by atoms with van der Waals surface area (Å²) in [5, 5.41) is 9.47.